The number of fused-ring (bicyclic) bond motifs is 3. The molecule has 4 rings (SSSR count). The van der Waals surface area contributed by atoms with Crippen LogP contribution in [-0.4, -0.2) is 24.4 Å². The number of nitrogens with one attached hydrogen (secondary N) is 1. The Bertz CT molecular complexity index is 871. The van der Waals surface area contributed by atoms with Crippen LogP contribution in [0.5, 0.6) is 10.8 Å². The standard InChI is InChI=1S/C22H27NO4S/c1-13-18-16(11-17-19(18)22(17,2)3)20(28-13)27-21(25)23-12-14-5-7-15(8-6-14)26-10-4-9-24/h5-8,17,19,24H,4,9-12H2,1-3H3,(H,23,25)/t17-,19-/m1/s1. The van der Waals surface area contributed by atoms with Gasteiger partial charge in [-0.3, -0.25) is 0 Å². The van der Waals surface area contributed by atoms with Gasteiger partial charge in [0.1, 0.15) is 5.75 Å². The lowest BCUT2D eigenvalue weighted by atomic mass is 9.96. The van der Waals surface area contributed by atoms with Gasteiger partial charge in [-0.15, -0.1) is 11.3 Å². The quantitative estimate of drug-likeness (QED) is 0.675. The Morgan fingerprint density at radius 2 is 2.07 bits per heavy atom. The van der Waals surface area contributed by atoms with E-state index in [1.54, 1.807) is 11.3 Å². The molecule has 1 aromatic heterocycles. The summed E-state index contributed by atoms with van der Waals surface area (Å²) >= 11 is 1.59. The predicted octanol–water partition coefficient (Wildman–Crippen LogP) is 4.40. The Morgan fingerprint density at radius 1 is 1.32 bits per heavy atom. The number of aliphatic hydroxyl groups excluding tert-OH is 1. The molecule has 28 heavy (non-hydrogen) atoms. The molecule has 0 bridgehead atoms. The first kappa shape index (κ1) is 19.3. The summed E-state index contributed by atoms with van der Waals surface area (Å²) in [5.41, 5.74) is 4.05. The SMILES string of the molecule is Cc1sc(OC(=O)NCc2ccc(OCCCO)cc2)c2c1[C@H]1[C@@H](C2)C1(C)C. The Labute approximate surface area is 169 Å². The van der Waals surface area contributed by atoms with Crippen LogP contribution in [0.2, 0.25) is 0 Å². The normalized spacial score (nSPS) is 21.0. The van der Waals surface area contributed by atoms with Gasteiger partial charge in [0.2, 0.25) is 0 Å². The smallest absolute Gasteiger partial charge is 0.413 e. The van der Waals surface area contributed by atoms with Crippen LogP contribution in [-0.2, 0) is 13.0 Å². The zero-order chi connectivity index (χ0) is 19.9. The first-order chi connectivity index (χ1) is 13.4. The van der Waals surface area contributed by atoms with E-state index in [0.29, 0.717) is 36.8 Å². The summed E-state index contributed by atoms with van der Waals surface area (Å²) in [5.74, 6) is 2.09. The third-order valence-electron chi connectivity index (χ3n) is 6.10. The van der Waals surface area contributed by atoms with Gasteiger partial charge in [-0.25, -0.2) is 4.79 Å². The molecule has 0 saturated heterocycles. The molecule has 0 unspecified atom stereocenters. The monoisotopic (exact) mass is 401 g/mol. The number of aliphatic hydroxyl groups is 1. The average Bonchev–Trinajstić information content (AvgIpc) is 2.99. The number of aryl methyl sites for hydroxylation is 1. The molecule has 1 fully saturated rings. The molecule has 1 saturated carbocycles. The van der Waals surface area contributed by atoms with Gasteiger partial charge in [-0.05, 0) is 53.9 Å². The molecular formula is C22H27NO4S. The molecule has 0 aliphatic heterocycles. The second kappa shape index (κ2) is 7.41. The number of carbonyl (C=O) groups excluding carboxylic acids is 1. The van der Waals surface area contributed by atoms with Gasteiger partial charge in [-0.2, -0.15) is 0 Å². The van der Waals surface area contributed by atoms with E-state index in [9.17, 15) is 4.79 Å². The first-order valence-electron chi connectivity index (χ1n) is 9.82. The van der Waals surface area contributed by atoms with Crippen molar-refractivity contribution in [3.05, 3.63) is 45.8 Å². The average molecular weight is 402 g/mol. The molecule has 2 N–H and O–H groups in total. The number of amides is 1. The van der Waals surface area contributed by atoms with Crippen LogP contribution in [0.25, 0.3) is 0 Å². The lowest BCUT2D eigenvalue weighted by molar-refractivity contribution is 0.201. The van der Waals surface area contributed by atoms with Crippen LogP contribution in [0.3, 0.4) is 0 Å². The van der Waals surface area contributed by atoms with Crippen LogP contribution in [0, 0.1) is 18.3 Å². The van der Waals surface area contributed by atoms with E-state index in [-0.39, 0.29) is 6.61 Å². The third-order valence-corrected chi connectivity index (χ3v) is 7.14. The Hall–Kier alpha value is -2.05. The topological polar surface area (TPSA) is 67.8 Å². The number of ether oxygens (including phenoxy) is 2. The van der Waals surface area contributed by atoms with Crippen molar-refractivity contribution in [2.24, 2.45) is 11.3 Å². The Balaban J connectivity index is 1.30. The number of rotatable bonds is 7. The largest absolute Gasteiger partial charge is 0.494 e. The summed E-state index contributed by atoms with van der Waals surface area (Å²) in [6.07, 6.45) is 1.23. The second-order valence-electron chi connectivity index (χ2n) is 8.26. The van der Waals surface area contributed by atoms with Crippen molar-refractivity contribution in [2.45, 2.75) is 46.1 Å². The van der Waals surface area contributed by atoms with Crippen molar-refractivity contribution in [1.82, 2.24) is 5.32 Å². The van der Waals surface area contributed by atoms with Gasteiger partial charge in [0, 0.05) is 30.0 Å². The van der Waals surface area contributed by atoms with Crippen LogP contribution >= 0.6 is 11.3 Å². The van der Waals surface area contributed by atoms with E-state index in [4.69, 9.17) is 14.6 Å². The zero-order valence-electron chi connectivity index (χ0n) is 16.6. The summed E-state index contributed by atoms with van der Waals surface area (Å²) < 4.78 is 11.2. The molecule has 1 aromatic carbocycles. The molecule has 2 aliphatic rings. The van der Waals surface area contributed by atoms with E-state index in [2.05, 4.69) is 26.1 Å². The summed E-state index contributed by atoms with van der Waals surface area (Å²) in [4.78, 5) is 13.6. The van der Waals surface area contributed by atoms with Gasteiger partial charge in [0.15, 0.2) is 5.06 Å². The highest BCUT2D eigenvalue weighted by Gasteiger charge is 2.63. The highest BCUT2D eigenvalue weighted by Crippen LogP contribution is 2.72. The summed E-state index contributed by atoms with van der Waals surface area (Å²) in [6, 6.07) is 7.56. The minimum absolute atomic E-state index is 0.121. The van der Waals surface area contributed by atoms with Crippen LogP contribution in [0.15, 0.2) is 24.3 Å². The van der Waals surface area contributed by atoms with E-state index in [1.807, 2.05) is 24.3 Å². The van der Waals surface area contributed by atoms with Crippen LogP contribution < -0.4 is 14.8 Å². The molecule has 1 amide bonds. The number of carbonyl (C=O) groups is 1. The van der Waals surface area contributed by atoms with E-state index in [1.165, 1.54) is 16.0 Å². The van der Waals surface area contributed by atoms with Crippen molar-refractivity contribution < 1.29 is 19.4 Å². The molecule has 5 nitrogen and oxygen atoms in total. The molecule has 2 atom stereocenters. The van der Waals surface area contributed by atoms with Gasteiger partial charge >= 0.3 is 6.09 Å². The van der Waals surface area contributed by atoms with Gasteiger partial charge in [0.05, 0.1) is 6.61 Å². The Kier molecular flexibility index (Phi) is 5.10. The maximum Gasteiger partial charge on any atom is 0.413 e. The first-order valence-corrected chi connectivity index (χ1v) is 10.6. The number of hydrogen-bond acceptors (Lipinski definition) is 5. The fraction of sp³-hybridized carbons (Fsp3) is 0.500. The molecule has 6 heteroatoms. The molecule has 0 spiro atoms. The predicted molar refractivity (Wildman–Crippen MR) is 109 cm³/mol. The summed E-state index contributed by atoms with van der Waals surface area (Å²) in [7, 11) is 0. The van der Waals surface area contributed by atoms with Gasteiger partial charge < -0.3 is 19.9 Å². The van der Waals surface area contributed by atoms with Gasteiger partial charge in [0.25, 0.3) is 0 Å². The third kappa shape index (κ3) is 3.51. The van der Waals surface area contributed by atoms with E-state index in [0.717, 1.165) is 22.8 Å². The number of thiophene rings is 1. The molecule has 2 aromatic rings. The highest BCUT2D eigenvalue weighted by atomic mass is 32.1. The number of hydrogen-bond donors (Lipinski definition) is 2. The van der Waals surface area contributed by atoms with E-state index < -0.39 is 6.09 Å². The lowest BCUT2D eigenvalue weighted by Crippen LogP contribution is -2.26. The zero-order valence-corrected chi connectivity index (χ0v) is 17.4. The van der Waals surface area contributed by atoms with Crippen molar-refractivity contribution in [3.8, 4) is 10.8 Å². The molecule has 150 valence electrons. The van der Waals surface area contributed by atoms with E-state index >= 15 is 0 Å². The maximum absolute atomic E-state index is 12.3. The molecule has 1 heterocycles. The fourth-order valence-corrected chi connectivity index (χ4v) is 5.50. The highest BCUT2D eigenvalue weighted by molar-refractivity contribution is 7.14. The molecule has 0 radical (unpaired) electrons. The minimum atomic E-state index is -0.410. The summed E-state index contributed by atoms with van der Waals surface area (Å²) in [5, 5.41) is 12.4. The van der Waals surface area contributed by atoms with Gasteiger partial charge in [-0.1, -0.05) is 26.0 Å². The molecule has 2 aliphatic carbocycles. The maximum atomic E-state index is 12.3. The summed E-state index contributed by atoms with van der Waals surface area (Å²) in [6.45, 7) is 7.81. The number of benzene rings is 1. The fourth-order valence-electron chi connectivity index (χ4n) is 4.43. The van der Waals surface area contributed by atoms with Crippen molar-refractivity contribution >= 4 is 17.4 Å². The van der Waals surface area contributed by atoms with Crippen LogP contribution in [0.1, 0.15) is 47.8 Å². The van der Waals surface area contributed by atoms with Crippen molar-refractivity contribution in [2.75, 3.05) is 13.2 Å². The van der Waals surface area contributed by atoms with Crippen molar-refractivity contribution in [1.29, 1.82) is 0 Å². The Morgan fingerprint density at radius 3 is 2.79 bits per heavy atom. The minimum Gasteiger partial charge on any atom is -0.494 e. The molecular weight excluding hydrogens is 374 g/mol. The van der Waals surface area contributed by atoms with Crippen molar-refractivity contribution in [3.63, 3.8) is 0 Å². The lowest BCUT2D eigenvalue weighted by Gasteiger charge is -2.11. The van der Waals surface area contributed by atoms with Crippen LogP contribution in [0.4, 0.5) is 4.79 Å². The second-order valence-corrected chi connectivity index (χ2v) is 9.45.